The van der Waals surface area contributed by atoms with Gasteiger partial charge in [0.1, 0.15) is 11.6 Å². The zero-order valence-electron chi connectivity index (χ0n) is 15.2. The van der Waals surface area contributed by atoms with Crippen molar-refractivity contribution in [3.8, 4) is 6.07 Å². The maximum Gasteiger partial charge on any atom is 0.268 e. The minimum atomic E-state index is -0.439. The summed E-state index contributed by atoms with van der Waals surface area (Å²) in [6.45, 7) is 7.58. The molecule has 0 aromatic carbocycles. The lowest BCUT2D eigenvalue weighted by Crippen LogP contribution is -2.17. The van der Waals surface area contributed by atoms with Crippen LogP contribution in [0.5, 0.6) is 0 Å². The van der Waals surface area contributed by atoms with Gasteiger partial charge in [-0.3, -0.25) is 10.1 Å². The Hall–Kier alpha value is -2.43. The predicted octanol–water partition coefficient (Wildman–Crippen LogP) is 3.59. The monoisotopic (exact) mass is 370 g/mol. The van der Waals surface area contributed by atoms with E-state index in [1.165, 1.54) is 11.3 Å². The molecule has 2 aromatic heterocycles. The molecule has 1 fully saturated rings. The van der Waals surface area contributed by atoms with Gasteiger partial charge >= 0.3 is 0 Å². The number of nitrogens with zero attached hydrogens (tertiary/aromatic N) is 3. The Bertz CT molecular complexity index is 882. The van der Waals surface area contributed by atoms with Crippen molar-refractivity contribution >= 4 is 28.5 Å². The summed E-state index contributed by atoms with van der Waals surface area (Å²) >= 11 is 1.38. The molecule has 1 aliphatic heterocycles. The van der Waals surface area contributed by atoms with Crippen molar-refractivity contribution in [2.45, 2.75) is 46.3 Å². The molecule has 1 N–H and O–H groups in total. The highest BCUT2D eigenvalue weighted by atomic mass is 32.1. The molecule has 0 aliphatic carbocycles. The number of aryl methyl sites for hydroxylation is 2. The minimum Gasteiger partial charge on any atom is -0.376 e. The van der Waals surface area contributed by atoms with Crippen LogP contribution >= 0.6 is 11.3 Å². The summed E-state index contributed by atoms with van der Waals surface area (Å²) in [5.41, 5.74) is 3.07. The van der Waals surface area contributed by atoms with Crippen molar-refractivity contribution in [3.63, 3.8) is 0 Å². The van der Waals surface area contributed by atoms with Crippen LogP contribution in [0.25, 0.3) is 6.08 Å². The average Bonchev–Trinajstić information content (AvgIpc) is 3.31. The fraction of sp³-hybridized carbons (Fsp3) is 0.421. The lowest BCUT2D eigenvalue weighted by atomic mass is 10.1. The number of amides is 1. The zero-order chi connectivity index (χ0) is 18.7. The molecule has 2 aromatic rings. The van der Waals surface area contributed by atoms with Gasteiger partial charge in [-0.2, -0.15) is 5.26 Å². The second kappa shape index (κ2) is 7.85. The van der Waals surface area contributed by atoms with Crippen molar-refractivity contribution < 1.29 is 9.53 Å². The van der Waals surface area contributed by atoms with Crippen LogP contribution in [-0.4, -0.2) is 28.2 Å². The van der Waals surface area contributed by atoms with Gasteiger partial charge in [0.25, 0.3) is 5.91 Å². The number of rotatable bonds is 5. The Morgan fingerprint density at radius 3 is 2.96 bits per heavy atom. The second-order valence-corrected chi connectivity index (χ2v) is 7.71. The Balaban J connectivity index is 1.80. The Kier molecular flexibility index (Phi) is 5.55. The molecule has 0 bridgehead atoms. The molecule has 1 unspecified atom stereocenters. The van der Waals surface area contributed by atoms with Gasteiger partial charge < -0.3 is 9.30 Å². The van der Waals surface area contributed by atoms with Crippen LogP contribution in [0.4, 0.5) is 5.13 Å². The average molecular weight is 370 g/mol. The van der Waals surface area contributed by atoms with Gasteiger partial charge in [0, 0.05) is 35.6 Å². The fourth-order valence-electron chi connectivity index (χ4n) is 3.13. The summed E-state index contributed by atoms with van der Waals surface area (Å²) in [5.74, 6) is -0.439. The normalized spacial score (nSPS) is 17.3. The molecule has 3 rings (SSSR count). The molecule has 0 saturated carbocycles. The number of anilines is 1. The van der Waals surface area contributed by atoms with Crippen LogP contribution in [0.3, 0.4) is 0 Å². The van der Waals surface area contributed by atoms with Crippen LogP contribution in [0.1, 0.15) is 34.7 Å². The number of nitrogens with one attached hydrogen (secondary N) is 1. The molecule has 136 valence electrons. The smallest absolute Gasteiger partial charge is 0.268 e. The third kappa shape index (κ3) is 4.03. The quantitative estimate of drug-likeness (QED) is 0.644. The third-order valence-corrected chi connectivity index (χ3v) is 5.36. The van der Waals surface area contributed by atoms with Crippen LogP contribution < -0.4 is 5.32 Å². The number of nitriles is 1. The number of ether oxygens (including phenoxy) is 1. The third-order valence-electron chi connectivity index (χ3n) is 4.53. The largest absolute Gasteiger partial charge is 0.376 e. The van der Waals surface area contributed by atoms with Gasteiger partial charge in [0.15, 0.2) is 5.13 Å². The second-order valence-electron chi connectivity index (χ2n) is 6.47. The number of hydrogen-bond acceptors (Lipinski definition) is 5. The van der Waals surface area contributed by atoms with Crippen molar-refractivity contribution in [2.75, 3.05) is 11.9 Å². The molecule has 0 radical (unpaired) electrons. The summed E-state index contributed by atoms with van der Waals surface area (Å²) in [5, 5.41) is 12.6. The molecule has 0 spiro atoms. The van der Waals surface area contributed by atoms with Crippen molar-refractivity contribution in [2.24, 2.45) is 0 Å². The summed E-state index contributed by atoms with van der Waals surface area (Å²) in [6.07, 6.45) is 5.75. The molecule has 1 aliphatic rings. The lowest BCUT2D eigenvalue weighted by molar-refractivity contribution is -0.112. The van der Waals surface area contributed by atoms with E-state index in [2.05, 4.69) is 14.9 Å². The van der Waals surface area contributed by atoms with Gasteiger partial charge in [-0.25, -0.2) is 4.98 Å². The highest BCUT2D eigenvalue weighted by Crippen LogP contribution is 2.23. The summed E-state index contributed by atoms with van der Waals surface area (Å²) in [4.78, 5) is 17.5. The van der Waals surface area contributed by atoms with E-state index in [9.17, 15) is 10.1 Å². The lowest BCUT2D eigenvalue weighted by Gasteiger charge is -2.14. The SMILES string of the molecule is Cc1cnc(NC(=O)/C(C#N)=C/c2cc(C)n(CC3CCCO3)c2C)s1. The number of thiazole rings is 1. The molecule has 6 nitrogen and oxygen atoms in total. The molecule has 3 heterocycles. The Morgan fingerprint density at radius 1 is 1.54 bits per heavy atom. The van der Waals surface area contributed by atoms with Gasteiger partial charge in [0.2, 0.25) is 0 Å². The van der Waals surface area contributed by atoms with Gasteiger partial charge in [-0.15, -0.1) is 11.3 Å². The van der Waals surface area contributed by atoms with Crippen LogP contribution in [0.2, 0.25) is 0 Å². The standard InChI is InChI=1S/C19H22N4O2S/c1-12-7-15(14(3)23(12)11-17-5-4-6-25-17)8-16(9-20)18(24)22-19-21-10-13(2)26-19/h7-8,10,17H,4-6,11H2,1-3H3,(H,21,22,24)/b16-8+. The topological polar surface area (TPSA) is 79.9 Å². The van der Waals surface area contributed by atoms with E-state index >= 15 is 0 Å². The molecule has 1 atom stereocenters. The van der Waals surface area contributed by atoms with Gasteiger partial charge in [-0.1, -0.05) is 0 Å². The first kappa shape index (κ1) is 18.4. The van der Waals surface area contributed by atoms with Crippen LogP contribution in [0, 0.1) is 32.1 Å². The van der Waals surface area contributed by atoms with Crippen molar-refractivity contribution in [1.29, 1.82) is 5.26 Å². The van der Waals surface area contributed by atoms with E-state index < -0.39 is 5.91 Å². The van der Waals surface area contributed by atoms with E-state index in [1.807, 2.05) is 32.9 Å². The van der Waals surface area contributed by atoms with Gasteiger partial charge in [0.05, 0.1) is 6.10 Å². The first-order valence-electron chi connectivity index (χ1n) is 8.62. The predicted molar refractivity (Wildman–Crippen MR) is 102 cm³/mol. The van der Waals surface area contributed by atoms with E-state index in [0.29, 0.717) is 5.13 Å². The number of carbonyl (C=O) groups excluding carboxylic acids is 1. The molecule has 26 heavy (non-hydrogen) atoms. The summed E-state index contributed by atoms with van der Waals surface area (Å²) in [6, 6.07) is 4.00. The van der Waals surface area contributed by atoms with Crippen LogP contribution in [0.15, 0.2) is 17.8 Å². The maximum absolute atomic E-state index is 12.4. The van der Waals surface area contributed by atoms with Crippen LogP contribution in [-0.2, 0) is 16.1 Å². The Labute approximate surface area is 157 Å². The van der Waals surface area contributed by atoms with Crippen molar-refractivity contribution in [3.05, 3.63) is 39.7 Å². The zero-order valence-corrected chi connectivity index (χ0v) is 16.0. The molecule has 1 amide bonds. The molecular formula is C19H22N4O2S. The minimum absolute atomic E-state index is 0.0650. The number of carbonyl (C=O) groups is 1. The fourth-order valence-corrected chi connectivity index (χ4v) is 3.79. The highest BCUT2D eigenvalue weighted by molar-refractivity contribution is 7.15. The highest BCUT2D eigenvalue weighted by Gasteiger charge is 2.19. The molecule has 1 saturated heterocycles. The van der Waals surface area contributed by atoms with Gasteiger partial charge in [-0.05, 0) is 51.3 Å². The van der Waals surface area contributed by atoms with E-state index in [0.717, 1.165) is 47.8 Å². The van der Waals surface area contributed by atoms with E-state index in [1.54, 1.807) is 12.3 Å². The van der Waals surface area contributed by atoms with Crippen molar-refractivity contribution in [1.82, 2.24) is 9.55 Å². The van der Waals surface area contributed by atoms with E-state index in [-0.39, 0.29) is 11.7 Å². The number of hydrogen-bond donors (Lipinski definition) is 1. The first-order chi connectivity index (χ1) is 12.5. The summed E-state index contributed by atoms with van der Waals surface area (Å²) < 4.78 is 7.92. The van der Waals surface area contributed by atoms with E-state index in [4.69, 9.17) is 4.74 Å². The summed E-state index contributed by atoms with van der Waals surface area (Å²) in [7, 11) is 0. The molecular weight excluding hydrogens is 348 g/mol. The molecule has 7 heteroatoms. The first-order valence-corrected chi connectivity index (χ1v) is 9.43. The Morgan fingerprint density at radius 2 is 2.35 bits per heavy atom. The maximum atomic E-state index is 12.4. The number of aromatic nitrogens is 2.